The van der Waals surface area contributed by atoms with Gasteiger partial charge in [0, 0.05) is 0 Å². The number of rotatable bonds is 0. The van der Waals surface area contributed by atoms with Crippen molar-refractivity contribution in [2.45, 2.75) is 0 Å². The van der Waals surface area contributed by atoms with E-state index in [1.165, 1.54) is 0 Å². The van der Waals surface area contributed by atoms with Gasteiger partial charge >= 0.3 is 120 Å². The number of hydrogen-bond donors (Lipinski definition) is 0. The summed E-state index contributed by atoms with van der Waals surface area (Å²) < 4.78 is 68.9. The molecular formula is O8V2Zn3. The maximum atomic E-state index is 8.61. The van der Waals surface area contributed by atoms with Gasteiger partial charge in [0.15, 0.2) is 0 Å². The Morgan fingerprint density at radius 2 is 0.538 bits per heavy atom. The van der Waals surface area contributed by atoms with Crippen LogP contribution in [-0.4, -0.2) is 0 Å². The van der Waals surface area contributed by atoms with Crippen LogP contribution in [0.1, 0.15) is 0 Å². The fourth-order valence-corrected chi connectivity index (χ4v) is 0. The normalized spacial score (nSPS) is 9.08. The van der Waals surface area contributed by atoms with Gasteiger partial charge in [-0.05, 0) is 0 Å². The zero-order chi connectivity index (χ0) is 9.00. The maximum absolute atomic E-state index is 8.61. The molecule has 0 aliphatic carbocycles. The molecule has 0 rings (SSSR count). The van der Waals surface area contributed by atoms with Gasteiger partial charge in [-0.1, -0.05) is 0 Å². The molecule has 0 amide bonds. The molecule has 0 aromatic carbocycles. The zero-order valence-corrected chi connectivity index (χ0v) is 18.0. The molecule has 0 aliphatic rings. The first kappa shape index (κ1) is 29.5. The molecule has 0 heterocycles. The quantitative estimate of drug-likeness (QED) is 0.344. The molecule has 0 saturated carbocycles. The first-order valence-electron chi connectivity index (χ1n) is 1.46. The molecule has 0 aromatic heterocycles. The van der Waals surface area contributed by atoms with Gasteiger partial charge in [0.1, 0.15) is 0 Å². The molecule has 0 radical (unpaired) electrons. The summed E-state index contributed by atoms with van der Waals surface area (Å²) in [6.07, 6.45) is 0. The molecule has 13 heteroatoms. The van der Waals surface area contributed by atoms with Gasteiger partial charge in [0.2, 0.25) is 0 Å². The molecule has 13 heavy (non-hydrogen) atoms. The van der Waals surface area contributed by atoms with Gasteiger partial charge in [0.05, 0.1) is 0 Å². The standard InChI is InChI=1S/8O.2V.3Zn/q;;6*-1;;;3*+2. The first-order chi connectivity index (χ1) is 4.00. The fraction of sp³-hybridized carbons (Fsp3) is 0. The minimum Gasteiger partial charge on any atom is 2.00 e. The van der Waals surface area contributed by atoms with Crippen LogP contribution in [0, 0.1) is 0 Å². The van der Waals surface area contributed by atoms with Gasteiger partial charge in [0.25, 0.3) is 0 Å². The van der Waals surface area contributed by atoms with Crippen molar-refractivity contribution in [1.29, 1.82) is 0 Å². The van der Waals surface area contributed by atoms with Crippen molar-refractivity contribution >= 4 is 0 Å². The van der Waals surface area contributed by atoms with Crippen LogP contribution in [0.2, 0.25) is 0 Å². The van der Waals surface area contributed by atoms with Crippen molar-refractivity contribution in [2.24, 2.45) is 0 Å². The minimum atomic E-state index is -5.88. The minimum absolute atomic E-state index is 0. The van der Waals surface area contributed by atoms with Gasteiger partial charge in [-0.3, -0.25) is 0 Å². The smallest absolute Gasteiger partial charge is 2.00 e. The molecule has 0 unspecified atom stereocenters. The van der Waals surface area contributed by atoms with E-state index in [0.29, 0.717) is 0 Å². The van der Waals surface area contributed by atoms with E-state index in [-0.39, 0.29) is 58.4 Å². The van der Waals surface area contributed by atoms with Crippen molar-refractivity contribution in [3.8, 4) is 0 Å². The zero-order valence-electron chi connectivity index (χ0n) is 6.28. The Morgan fingerprint density at radius 1 is 0.538 bits per heavy atom. The maximum Gasteiger partial charge on any atom is 2.00 e. The van der Waals surface area contributed by atoms with Crippen molar-refractivity contribution in [2.75, 3.05) is 0 Å². The van der Waals surface area contributed by atoms with E-state index in [9.17, 15) is 0 Å². The van der Waals surface area contributed by atoms with Gasteiger partial charge in [-0.15, -0.1) is 0 Å². The van der Waals surface area contributed by atoms with Crippen LogP contribution in [-0.2, 0) is 95.8 Å². The Bertz CT molecular complexity index is 130. The van der Waals surface area contributed by atoms with Gasteiger partial charge in [-0.25, -0.2) is 0 Å². The molecule has 0 spiro atoms. The van der Waals surface area contributed by atoms with Crippen LogP contribution in [0.3, 0.4) is 0 Å². The van der Waals surface area contributed by atoms with Crippen LogP contribution in [0.25, 0.3) is 0 Å². The molecule has 64 valence electrons. The first-order valence-corrected chi connectivity index (χ1v) is 6.02. The molecule has 0 aromatic rings. The van der Waals surface area contributed by atoms with Crippen molar-refractivity contribution < 1.29 is 120 Å². The van der Waals surface area contributed by atoms with E-state index < -0.39 is 30.0 Å². The Balaban J connectivity index is -0.0000000267. The second-order valence-electron chi connectivity index (χ2n) is 0.894. The van der Waals surface area contributed by atoms with E-state index in [0.717, 1.165) is 0 Å². The summed E-state index contributed by atoms with van der Waals surface area (Å²) >= 11 is -11.8. The largest absolute Gasteiger partial charge is 2.00 e. The van der Waals surface area contributed by atoms with E-state index in [2.05, 4.69) is 0 Å². The van der Waals surface area contributed by atoms with Crippen molar-refractivity contribution in [3.63, 3.8) is 0 Å². The topological polar surface area (TPSA) is 172 Å². The molecule has 0 fully saturated rings. The van der Waals surface area contributed by atoms with Crippen molar-refractivity contribution in [3.05, 3.63) is 0 Å². The molecule has 0 aliphatic heterocycles. The molecule has 8 nitrogen and oxygen atoms in total. The summed E-state index contributed by atoms with van der Waals surface area (Å²) in [5.74, 6) is 0. The predicted molar refractivity (Wildman–Crippen MR) is 1.37 cm³/mol. The third-order valence-corrected chi connectivity index (χ3v) is 0. The van der Waals surface area contributed by atoms with Crippen LogP contribution in [0.5, 0.6) is 0 Å². The molecule has 0 saturated heterocycles. The SMILES string of the molecule is [O]=[V]([O-])([O-])[O-].[O]=[V]([O-])([O-])[O-].[Zn+2].[Zn+2].[Zn+2]. The second-order valence-corrected chi connectivity index (χ2v) is 3.69. The summed E-state index contributed by atoms with van der Waals surface area (Å²) in [5.41, 5.74) is 0. The Morgan fingerprint density at radius 3 is 0.538 bits per heavy atom. The van der Waals surface area contributed by atoms with Crippen LogP contribution in [0.15, 0.2) is 0 Å². The molecular weight excluding hydrogens is 426 g/mol. The van der Waals surface area contributed by atoms with E-state index >= 15 is 0 Å². The summed E-state index contributed by atoms with van der Waals surface area (Å²) in [7, 11) is 0. The van der Waals surface area contributed by atoms with Crippen LogP contribution < -0.4 is 24.2 Å². The summed E-state index contributed by atoms with van der Waals surface area (Å²) in [6.45, 7) is 0. The second kappa shape index (κ2) is 12.5. The molecule has 0 bridgehead atoms. The average molecular weight is 426 g/mol. The Hall–Kier alpha value is 2.40. The van der Waals surface area contributed by atoms with Gasteiger partial charge in [-0.2, -0.15) is 0 Å². The average Bonchev–Trinajstić information content (AvgIpc) is 1.12. The third kappa shape index (κ3) is 385. The van der Waals surface area contributed by atoms with Crippen molar-refractivity contribution in [1.82, 2.24) is 0 Å². The monoisotopic (exact) mass is 422 g/mol. The Labute approximate surface area is 119 Å². The third-order valence-electron chi connectivity index (χ3n) is 0. The Kier molecular flexibility index (Phi) is 28.3. The number of hydrogen-bond acceptors (Lipinski definition) is 8. The molecule has 0 atom stereocenters. The van der Waals surface area contributed by atoms with Crippen LogP contribution in [0.4, 0.5) is 0 Å². The summed E-state index contributed by atoms with van der Waals surface area (Å²) in [4.78, 5) is 0. The predicted octanol–water partition coefficient (Wildman–Crippen LogP) is -7.38. The van der Waals surface area contributed by atoms with Gasteiger partial charge < -0.3 is 0 Å². The summed E-state index contributed by atoms with van der Waals surface area (Å²) in [6, 6.07) is 0. The van der Waals surface area contributed by atoms with E-state index in [4.69, 9.17) is 31.5 Å². The van der Waals surface area contributed by atoms with E-state index in [1.54, 1.807) is 0 Å². The van der Waals surface area contributed by atoms with Crippen LogP contribution >= 0.6 is 0 Å². The molecule has 0 N–H and O–H groups in total. The summed E-state index contributed by atoms with van der Waals surface area (Å²) in [5, 5.41) is 0. The fourth-order valence-electron chi connectivity index (χ4n) is 0. The van der Waals surface area contributed by atoms with E-state index in [1.807, 2.05) is 0 Å².